The zero-order valence-electron chi connectivity index (χ0n) is 11.0. The molecular formula is C15H22O3. The Bertz CT molecular complexity index is 327. The third-order valence-corrected chi connectivity index (χ3v) is 3.07. The quantitative estimate of drug-likeness (QED) is 0.555. The van der Waals surface area contributed by atoms with E-state index in [9.17, 15) is 0 Å². The van der Waals surface area contributed by atoms with E-state index in [1.807, 2.05) is 12.2 Å². The molecule has 0 aromatic carbocycles. The number of aliphatic hydroxyl groups is 1. The monoisotopic (exact) mass is 250 g/mol. The molecule has 0 radical (unpaired) electrons. The molecule has 1 aliphatic rings. The smallest absolute Gasteiger partial charge is 0.101 e. The lowest BCUT2D eigenvalue weighted by Crippen LogP contribution is -2.36. The van der Waals surface area contributed by atoms with E-state index < -0.39 is 0 Å². The Morgan fingerprint density at radius 2 is 2.33 bits per heavy atom. The van der Waals surface area contributed by atoms with Crippen molar-refractivity contribution in [1.29, 1.82) is 0 Å². The third kappa shape index (κ3) is 4.66. The number of aliphatic hydroxyl groups excluding tert-OH is 1. The fraction of sp³-hybridized carbons (Fsp3) is 0.600. The summed E-state index contributed by atoms with van der Waals surface area (Å²) in [5, 5.41) is 8.89. The van der Waals surface area contributed by atoms with Crippen LogP contribution in [0.15, 0.2) is 24.3 Å². The van der Waals surface area contributed by atoms with Crippen LogP contribution in [0.2, 0.25) is 0 Å². The van der Waals surface area contributed by atoms with Crippen molar-refractivity contribution >= 4 is 0 Å². The van der Waals surface area contributed by atoms with Gasteiger partial charge in [0.1, 0.15) is 6.10 Å². The molecule has 100 valence electrons. The normalized spacial score (nSPS) is 26.8. The van der Waals surface area contributed by atoms with Crippen LogP contribution < -0.4 is 0 Å². The summed E-state index contributed by atoms with van der Waals surface area (Å²) in [6, 6.07) is 0. The second-order valence-corrected chi connectivity index (χ2v) is 4.51. The van der Waals surface area contributed by atoms with Crippen LogP contribution in [-0.4, -0.2) is 37.1 Å². The van der Waals surface area contributed by atoms with Gasteiger partial charge in [0, 0.05) is 13.5 Å². The Balaban J connectivity index is 2.43. The number of hydrogen-bond donors (Lipinski definition) is 1. The molecular weight excluding hydrogens is 228 g/mol. The molecule has 1 N–H and O–H groups in total. The summed E-state index contributed by atoms with van der Waals surface area (Å²) in [5.41, 5.74) is 0.857. The highest BCUT2D eigenvalue weighted by Gasteiger charge is 2.26. The summed E-state index contributed by atoms with van der Waals surface area (Å²) in [5.74, 6) is 2.61. The van der Waals surface area contributed by atoms with Crippen LogP contribution in [0.3, 0.4) is 0 Å². The molecule has 0 amide bonds. The van der Waals surface area contributed by atoms with Crippen LogP contribution >= 0.6 is 0 Å². The molecule has 0 bridgehead atoms. The fourth-order valence-corrected chi connectivity index (χ4v) is 2.03. The molecule has 0 saturated carbocycles. The maximum atomic E-state index is 8.89. The summed E-state index contributed by atoms with van der Waals surface area (Å²) < 4.78 is 11.3. The summed E-state index contributed by atoms with van der Waals surface area (Å²) in [7, 11) is 1.68. The van der Waals surface area contributed by atoms with Gasteiger partial charge >= 0.3 is 0 Å². The SMILES string of the molecule is C#CC[C@@H]1C=C[C@H](OC)[C@@H](CCCC(=C)CO)O1. The van der Waals surface area contributed by atoms with Crippen molar-refractivity contribution < 1.29 is 14.6 Å². The predicted octanol–water partition coefficient (Wildman–Crippen LogP) is 2.07. The van der Waals surface area contributed by atoms with E-state index in [-0.39, 0.29) is 24.9 Å². The molecule has 1 rings (SSSR count). The van der Waals surface area contributed by atoms with Crippen molar-refractivity contribution in [2.75, 3.05) is 13.7 Å². The van der Waals surface area contributed by atoms with Gasteiger partial charge in [-0.2, -0.15) is 0 Å². The Labute approximate surface area is 109 Å². The van der Waals surface area contributed by atoms with Crippen LogP contribution in [0.5, 0.6) is 0 Å². The maximum Gasteiger partial charge on any atom is 0.101 e. The largest absolute Gasteiger partial charge is 0.392 e. The Hall–Kier alpha value is -1.08. The van der Waals surface area contributed by atoms with Gasteiger partial charge in [-0.05, 0) is 19.3 Å². The summed E-state index contributed by atoms with van der Waals surface area (Å²) in [4.78, 5) is 0. The van der Waals surface area contributed by atoms with Crippen molar-refractivity contribution in [3.63, 3.8) is 0 Å². The summed E-state index contributed by atoms with van der Waals surface area (Å²) >= 11 is 0. The first kappa shape index (κ1) is 15.0. The lowest BCUT2D eigenvalue weighted by molar-refractivity contribution is -0.0721. The Kier molecular flexibility index (Phi) is 6.74. The highest BCUT2D eigenvalue weighted by Crippen LogP contribution is 2.22. The Morgan fingerprint density at radius 1 is 1.56 bits per heavy atom. The van der Waals surface area contributed by atoms with Crippen LogP contribution in [0.25, 0.3) is 0 Å². The molecule has 0 aliphatic carbocycles. The molecule has 0 saturated heterocycles. The lowest BCUT2D eigenvalue weighted by Gasteiger charge is -2.31. The van der Waals surface area contributed by atoms with Crippen molar-refractivity contribution in [3.8, 4) is 12.3 Å². The molecule has 0 unspecified atom stereocenters. The van der Waals surface area contributed by atoms with Crippen molar-refractivity contribution in [3.05, 3.63) is 24.3 Å². The summed E-state index contributed by atoms with van der Waals surface area (Å²) in [6.07, 6.45) is 12.5. The summed E-state index contributed by atoms with van der Waals surface area (Å²) in [6.45, 7) is 3.83. The number of terminal acetylenes is 1. The molecule has 18 heavy (non-hydrogen) atoms. The first-order valence-electron chi connectivity index (χ1n) is 6.28. The van der Waals surface area contributed by atoms with Gasteiger partial charge in [-0.15, -0.1) is 12.3 Å². The average molecular weight is 250 g/mol. The molecule has 3 atom stereocenters. The molecule has 0 aromatic heterocycles. The van der Waals surface area contributed by atoms with Gasteiger partial charge in [0.2, 0.25) is 0 Å². The third-order valence-electron chi connectivity index (χ3n) is 3.07. The molecule has 0 fully saturated rings. The first-order valence-corrected chi connectivity index (χ1v) is 6.28. The predicted molar refractivity (Wildman–Crippen MR) is 72.1 cm³/mol. The van der Waals surface area contributed by atoms with Gasteiger partial charge in [-0.3, -0.25) is 0 Å². The van der Waals surface area contributed by atoms with E-state index in [4.69, 9.17) is 21.0 Å². The van der Waals surface area contributed by atoms with Gasteiger partial charge in [-0.1, -0.05) is 24.3 Å². The van der Waals surface area contributed by atoms with Crippen molar-refractivity contribution in [2.24, 2.45) is 0 Å². The second-order valence-electron chi connectivity index (χ2n) is 4.51. The molecule has 1 aliphatic heterocycles. The Morgan fingerprint density at radius 3 is 2.94 bits per heavy atom. The number of hydrogen-bond acceptors (Lipinski definition) is 3. The van der Waals surface area contributed by atoms with Gasteiger partial charge in [0.15, 0.2) is 0 Å². The topological polar surface area (TPSA) is 38.7 Å². The van der Waals surface area contributed by atoms with Crippen LogP contribution in [0.1, 0.15) is 25.7 Å². The molecule has 3 heteroatoms. The highest BCUT2D eigenvalue weighted by atomic mass is 16.5. The molecule has 0 spiro atoms. The lowest BCUT2D eigenvalue weighted by atomic mass is 10.0. The zero-order valence-corrected chi connectivity index (χ0v) is 11.0. The number of rotatable bonds is 7. The van der Waals surface area contributed by atoms with Crippen LogP contribution in [-0.2, 0) is 9.47 Å². The van der Waals surface area contributed by atoms with E-state index >= 15 is 0 Å². The van der Waals surface area contributed by atoms with Crippen LogP contribution in [0, 0.1) is 12.3 Å². The highest BCUT2D eigenvalue weighted by molar-refractivity contribution is 5.06. The second kappa shape index (κ2) is 8.10. The van der Waals surface area contributed by atoms with Crippen molar-refractivity contribution in [1.82, 2.24) is 0 Å². The van der Waals surface area contributed by atoms with E-state index in [1.165, 1.54) is 0 Å². The van der Waals surface area contributed by atoms with Crippen molar-refractivity contribution in [2.45, 2.75) is 44.0 Å². The van der Waals surface area contributed by atoms with E-state index in [0.717, 1.165) is 24.8 Å². The molecule has 1 heterocycles. The molecule has 0 aromatic rings. The fourth-order valence-electron chi connectivity index (χ4n) is 2.03. The van der Waals surface area contributed by atoms with E-state index in [1.54, 1.807) is 7.11 Å². The van der Waals surface area contributed by atoms with E-state index in [2.05, 4.69) is 12.5 Å². The minimum absolute atomic E-state index is 0.00700. The average Bonchev–Trinajstić information content (AvgIpc) is 2.39. The number of ether oxygens (including phenoxy) is 2. The molecule has 3 nitrogen and oxygen atoms in total. The van der Waals surface area contributed by atoms with E-state index in [0.29, 0.717) is 6.42 Å². The number of methoxy groups -OCH3 is 1. The van der Waals surface area contributed by atoms with Crippen LogP contribution in [0.4, 0.5) is 0 Å². The first-order chi connectivity index (χ1) is 8.71. The zero-order chi connectivity index (χ0) is 13.4. The van der Waals surface area contributed by atoms with Gasteiger partial charge in [0.05, 0.1) is 18.8 Å². The minimum Gasteiger partial charge on any atom is -0.392 e. The minimum atomic E-state index is -0.0126. The van der Waals surface area contributed by atoms with Gasteiger partial charge in [0.25, 0.3) is 0 Å². The maximum absolute atomic E-state index is 8.89. The van der Waals surface area contributed by atoms with Gasteiger partial charge < -0.3 is 14.6 Å². The van der Waals surface area contributed by atoms with Gasteiger partial charge in [-0.25, -0.2) is 0 Å². The standard InChI is InChI=1S/C15H22O3/c1-4-6-13-9-10-14(17-3)15(18-13)8-5-7-12(2)11-16/h1,9-10,13-16H,2,5-8,11H2,3H3/t13-,14+,15-/m1/s1.